The fourth-order valence-electron chi connectivity index (χ4n) is 3.54. The van der Waals surface area contributed by atoms with Gasteiger partial charge in [0.25, 0.3) is 0 Å². The molecule has 0 bridgehead atoms. The van der Waals surface area contributed by atoms with E-state index in [9.17, 15) is 54.1 Å². The minimum atomic E-state index is -5.33. The van der Waals surface area contributed by atoms with Gasteiger partial charge >= 0.3 is 21.1 Å². The summed E-state index contributed by atoms with van der Waals surface area (Å²) in [4.78, 5) is 44.6. The highest BCUT2D eigenvalue weighted by atomic mass is 31.2. The van der Waals surface area contributed by atoms with E-state index in [2.05, 4.69) is 14.0 Å². The van der Waals surface area contributed by atoms with Gasteiger partial charge in [0.1, 0.15) is 36.3 Å². The number of aliphatic hydroxyl groups is 5. The highest BCUT2D eigenvalue weighted by Gasteiger charge is 2.47. The maximum absolute atomic E-state index is 12.4. The number of phosphoric acid groups is 1. The standard InChI is InChI=1S/C16H25N3O14P2/c17-10-1-2-19(16(25)18-10)14-13(24)12(23)9(32-14)5-31-35(29,30)33-15(34(26,27)28)6-3-7(20)11(22)8(21)4-6/h1-3,7-9,11-15,20-24H,4-5H2,(H,29,30)(H2,17,18,25)(H2,26,27,28)/t7-,8-,9-,11-,12-,13-,14-,15+/m1/s1. The lowest BCUT2D eigenvalue weighted by Crippen LogP contribution is -2.41. The number of rotatable bonds is 8. The molecule has 0 saturated carbocycles. The van der Waals surface area contributed by atoms with E-state index in [0.29, 0.717) is 0 Å². The van der Waals surface area contributed by atoms with Crippen LogP contribution in [-0.2, 0) is 22.9 Å². The van der Waals surface area contributed by atoms with Crippen molar-refractivity contribution in [1.82, 2.24) is 9.55 Å². The Labute approximate surface area is 196 Å². The molecule has 1 saturated heterocycles. The van der Waals surface area contributed by atoms with E-state index in [1.165, 1.54) is 6.07 Å². The summed E-state index contributed by atoms with van der Waals surface area (Å²) in [5.74, 6) is -2.54. The summed E-state index contributed by atoms with van der Waals surface area (Å²) < 4.78 is 39.7. The molecule has 3 rings (SSSR count). The van der Waals surface area contributed by atoms with Gasteiger partial charge in [0.2, 0.25) is 0 Å². The molecular formula is C16H25N3O14P2. The number of anilines is 1. The monoisotopic (exact) mass is 545 g/mol. The van der Waals surface area contributed by atoms with Crippen molar-refractivity contribution in [3.63, 3.8) is 0 Å². The summed E-state index contributed by atoms with van der Waals surface area (Å²) in [6, 6.07) is 1.22. The Morgan fingerprint density at radius 1 is 1.14 bits per heavy atom. The largest absolute Gasteiger partial charge is 0.473 e. The zero-order chi connectivity index (χ0) is 26.3. The Morgan fingerprint density at radius 3 is 2.37 bits per heavy atom. The van der Waals surface area contributed by atoms with Crippen LogP contribution in [0.3, 0.4) is 0 Å². The van der Waals surface area contributed by atoms with Gasteiger partial charge < -0.3 is 50.7 Å². The third-order valence-electron chi connectivity index (χ3n) is 5.29. The number of nitrogens with zero attached hydrogens (tertiary/aromatic N) is 2. The number of nitrogen functional groups attached to an aromatic ring is 1. The lowest BCUT2D eigenvalue weighted by Gasteiger charge is -2.32. The fraction of sp³-hybridized carbons (Fsp3) is 0.625. The molecule has 1 aromatic rings. The Morgan fingerprint density at radius 2 is 1.80 bits per heavy atom. The van der Waals surface area contributed by atoms with Crippen molar-refractivity contribution < 1.29 is 63.1 Å². The molecule has 0 aromatic carbocycles. The smallest absolute Gasteiger partial charge is 0.390 e. The maximum Gasteiger partial charge on any atom is 0.473 e. The summed E-state index contributed by atoms with van der Waals surface area (Å²) in [5.41, 5.74) is 4.00. The first-order valence-electron chi connectivity index (χ1n) is 9.92. The van der Waals surface area contributed by atoms with Crippen molar-refractivity contribution in [1.29, 1.82) is 0 Å². The van der Waals surface area contributed by atoms with E-state index in [1.54, 1.807) is 0 Å². The predicted octanol–water partition coefficient (Wildman–Crippen LogP) is -3.51. The molecule has 1 unspecified atom stereocenters. The van der Waals surface area contributed by atoms with E-state index < -0.39 is 88.4 Å². The summed E-state index contributed by atoms with van der Waals surface area (Å²) in [6.07, 6.45) is -10.1. The molecule has 0 spiro atoms. The number of phosphoric ester groups is 1. The van der Waals surface area contributed by atoms with Crippen molar-refractivity contribution >= 4 is 21.2 Å². The predicted molar refractivity (Wildman–Crippen MR) is 112 cm³/mol. The summed E-state index contributed by atoms with van der Waals surface area (Å²) in [5, 5.41) is 49.5. The number of hydrogen-bond donors (Lipinski definition) is 9. The van der Waals surface area contributed by atoms with Crippen molar-refractivity contribution in [3.8, 4) is 0 Å². The van der Waals surface area contributed by atoms with Crippen LogP contribution < -0.4 is 11.4 Å². The van der Waals surface area contributed by atoms with Gasteiger partial charge in [-0.1, -0.05) is 6.08 Å². The van der Waals surface area contributed by atoms with Crippen LogP contribution in [0.5, 0.6) is 0 Å². The minimum Gasteiger partial charge on any atom is -0.390 e. The minimum absolute atomic E-state index is 0.111. The molecule has 9 atom stereocenters. The van der Waals surface area contributed by atoms with Crippen molar-refractivity contribution in [3.05, 3.63) is 34.4 Å². The molecule has 1 aliphatic carbocycles. The molecule has 2 heterocycles. The molecule has 19 heteroatoms. The lowest BCUT2D eigenvalue weighted by atomic mass is 9.92. The van der Waals surface area contributed by atoms with Crippen LogP contribution in [-0.4, -0.2) is 98.8 Å². The zero-order valence-corrected chi connectivity index (χ0v) is 19.4. The Bertz CT molecular complexity index is 1110. The fourth-order valence-corrected chi connectivity index (χ4v) is 5.80. The molecule has 10 N–H and O–H groups in total. The Hall–Kier alpha value is -1.56. The van der Waals surface area contributed by atoms with Gasteiger partial charge in [-0.05, 0) is 11.6 Å². The van der Waals surface area contributed by atoms with Crippen LogP contribution in [0, 0.1) is 0 Å². The van der Waals surface area contributed by atoms with Crippen LogP contribution >= 0.6 is 15.4 Å². The van der Waals surface area contributed by atoms with Crippen molar-refractivity contribution in [2.45, 2.75) is 55.1 Å². The zero-order valence-electron chi connectivity index (χ0n) is 17.7. The molecule has 0 radical (unpaired) electrons. The molecule has 1 aromatic heterocycles. The average Bonchev–Trinajstić information content (AvgIpc) is 3.02. The number of nitrogens with two attached hydrogens (primary N) is 1. The molecule has 35 heavy (non-hydrogen) atoms. The SMILES string of the molecule is Nc1ccn([C@@H]2O[C@H](COP(=O)(O)O[C@H](C3=C[C@@H](O)[C@@H](O)[C@H](O)C3)P(=O)(O)O)[C@@H](O)[C@H]2O)c(=O)n1. The topological polar surface area (TPSA) is 285 Å². The number of aliphatic hydroxyl groups excluding tert-OH is 5. The Balaban J connectivity index is 1.71. The second kappa shape index (κ2) is 10.4. The third-order valence-corrected chi connectivity index (χ3v) is 7.46. The van der Waals surface area contributed by atoms with E-state index in [4.69, 9.17) is 10.5 Å². The molecule has 1 aliphatic heterocycles. The van der Waals surface area contributed by atoms with E-state index in [-0.39, 0.29) is 5.82 Å². The van der Waals surface area contributed by atoms with Gasteiger partial charge in [-0.3, -0.25) is 18.2 Å². The molecule has 17 nitrogen and oxygen atoms in total. The number of aromatic nitrogens is 2. The highest BCUT2D eigenvalue weighted by molar-refractivity contribution is 7.54. The second-order valence-electron chi connectivity index (χ2n) is 7.89. The van der Waals surface area contributed by atoms with Crippen LogP contribution in [0.25, 0.3) is 0 Å². The van der Waals surface area contributed by atoms with Gasteiger partial charge in [0, 0.05) is 12.6 Å². The number of ether oxygens (including phenoxy) is 1. The van der Waals surface area contributed by atoms with Gasteiger partial charge in [-0.25, -0.2) is 9.36 Å². The van der Waals surface area contributed by atoms with Gasteiger partial charge in [-0.2, -0.15) is 4.98 Å². The molecular weight excluding hydrogens is 520 g/mol. The first-order chi connectivity index (χ1) is 16.1. The van der Waals surface area contributed by atoms with E-state index in [0.717, 1.165) is 16.8 Å². The van der Waals surface area contributed by atoms with Crippen LogP contribution in [0.1, 0.15) is 12.6 Å². The quantitative estimate of drug-likeness (QED) is 0.113. The highest BCUT2D eigenvalue weighted by Crippen LogP contribution is 2.56. The van der Waals surface area contributed by atoms with E-state index >= 15 is 0 Å². The summed E-state index contributed by atoms with van der Waals surface area (Å²) >= 11 is 0. The normalized spacial score (nSPS) is 34.3. The second-order valence-corrected chi connectivity index (χ2v) is 10.9. The first kappa shape index (κ1) is 28.0. The van der Waals surface area contributed by atoms with Crippen LogP contribution in [0.15, 0.2) is 28.7 Å². The summed E-state index contributed by atoms with van der Waals surface area (Å²) in [7, 11) is -10.6. The van der Waals surface area contributed by atoms with Crippen molar-refractivity contribution in [2.75, 3.05) is 12.3 Å². The van der Waals surface area contributed by atoms with Crippen molar-refractivity contribution in [2.24, 2.45) is 0 Å². The molecule has 0 amide bonds. The van der Waals surface area contributed by atoms with Gasteiger partial charge in [-0.15, -0.1) is 0 Å². The first-order valence-corrected chi connectivity index (χ1v) is 13.1. The Kier molecular flexibility index (Phi) is 8.35. The average molecular weight is 545 g/mol. The lowest BCUT2D eigenvalue weighted by molar-refractivity contribution is -0.0565. The molecule has 1 fully saturated rings. The van der Waals surface area contributed by atoms with Gasteiger partial charge in [0.05, 0.1) is 12.7 Å². The molecule has 2 aliphatic rings. The number of hydrogen-bond acceptors (Lipinski definition) is 13. The van der Waals surface area contributed by atoms with Gasteiger partial charge in [0.15, 0.2) is 12.1 Å². The van der Waals surface area contributed by atoms with E-state index in [1.807, 2.05) is 0 Å². The third kappa shape index (κ3) is 6.42. The van der Waals surface area contributed by atoms with Crippen LogP contribution in [0.2, 0.25) is 0 Å². The molecule has 198 valence electrons. The van der Waals surface area contributed by atoms with Crippen LogP contribution in [0.4, 0.5) is 5.82 Å². The summed E-state index contributed by atoms with van der Waals surface area (Å²) in [6.45, 7) is -0.934. The maximum atomic E-state index is 12.4.